The number of halogens is 2. The molecule has 0 spiro atoms. The lowest BCUT2D eigenvalue weighted by Crippen LogP contribution is -2.33. The van der Waals surface area contributed by atoms with Crippen LogP contribution < -0.4 is 5.32 Å². The Morgan fingerprint density at radius 3 is 2.50 bits per heavy atom. The molecular weight excluding hydrogens is 623 g/mol. The standard InChI is InChI=1S/C45H54F2N2O/c1-3-9-34-26-37(17-15-33(34)14-13-30-10-5-6-11-30)49-44(50)43-38(4-2)39-19-20-40(39)41-18-16-35(27-42(41)43)36-25-32(28-48-29-36)24-31-12-7-8-22-45(46,47)23-21-31/h12,15-18,25-30,39-40H,3-11,13-14,19-24H2,1-2H3,(H,49,50). The summed E-state index contributed by atoms with van der Waals surface area (Å²) in [5.74, 6) is -0.816. The van der Waals surface area contributed by atoms with E-state index >= 15 is 0 Å². The van der Waals surface area contributed by atoms with Gasteiger partial charge in [-0.2, -0.15) is 0 Å². The van der Waals surface area contributed by atoms with Crippen molar-refractivity contribution >= 4 is 17.2 Å². The number of allylic oxidation sites excluding steroid dienone is 3. The molecule has 1 amide bonds. The van der Waals surface area contributed by atoms with Gasteiger partial charge in [0.2, 0.25) is 5.92 Å². The quantitative estimate of drug-likeness (QED) is 0.205. The van der Waals surface area contributed by atoms with Crippen LogP contribution in [0.1, 0.15) is 137 Å². The number of aromatic nitrogens is 1. The first-order valence-corrected chi connectivity index (χ1v) is 19.6. The maximum atomic E-state index is 14.4. The van der Waals surface area contributed by atoms with E-state index in [9.17, 15) is 13.6 Å². The number of anilines is 1. The number of nitrogens with one attached hydrogen (secondary N) is 1. The van der Waals surface area contributed by atoms with Gasteiger partial charge in [-0.15, -0.1) is 0 Å². The van der Waals surface area contributed by atoms with Crippen LogP contribution in [0.15, 0.2) is 72.1 Å². The molecule has 3 nitrogen and oxygen atoms in total. The minimum absolute atomic E-state index is 0.00773. The lowest BCUT2D eigenvalue weighted by atomic mass is 9.60. The van der Waals surface area contributed by atoms with Crippen molar-refractivity contribution in [1.82, 2.24) is 4.98 Å². The Bertz CT molecular complexity index is 1760. The van der Waals surface area contributed by atoms with Gasteiger partial charge in [-0.3, -0.25) is 9.78 Å². The molecule has 2 atom stereocenters. The number of hydrogen-bond donors (Lipinski definition) is 1. The highest BCUT2D eigenvalue weighted by Gasteiger charge is 2.42. The molecule has 3 aromatic rings. The highest BCUT2D eigenvalue weighted by atomic mass is 19.3. The smallest absolute Gasteiger partial charge is 0.256 e. The maximum Gasteiger partial charge on any atom is 0.256 e. The second-order valence-corrected chi connectivity index (χ2v) is 15.6. The predicted octanol–water partition coefficient (Wildman–Crippen LogP) is 12.2. The number of pyridine rings is 1. The summed E-state index contributed by atoms with van der Waals surface area (Å²) in [5, 5.41) is 3.36. The van der Waals surface area contributed by atoms with Crippen LogP contribution in [-0.4, -0.2) is 16.8 Å². The SMILES string of the molecule is CCCc1cc(NC(=O)C2=C(CC)C3CCC3c3ccc(-c4cncc(CC5=CCCCC(F)(F)CC5)c4)cc32)ccc1CCC1CCCC1. The van der Waals surface area contributed by atoms with Crippen LogP contribution >= 0.6 is 0 Å². The summed E-state index contributed by atoms with van der Waals surface area (Å²) in [6.07, 6.45) is 21.3. The van der Waals surface area contributed by atoms with E-state index in [4.69, 9.17) is 0 Å². The monoisotopic (exact) mass is 676 g/mol. The number of rotatable bonds is 11. The number of benzene rings is 2. The van der Waals surface area contributed by atoms with Crippen LogP contribution in [-0.2, 0) is 24.1 Å². The summed E-state index contributed by atoms with van der Waals surface area (Å²) in [7, 11) is 0. The molecule has 5 heteroatoms. The van der Waals surface area contributed by atoms with Gasteiger partial charge < -0.3 is 5.32 Å². The van der Waals surface area contributed by atoms with E-state index < -0.39 is 5.92 Å². The van der Waals surface area contributed by atoms with Crippen LogP contribution in [0, 0.1) is 11.8 Å². The molecule has 50 heavy (non-hydrogen) atoms. The van der Waals surface area contributed by atoms with Crippen molar-refractivity contribution in [2.45, 2.75) is 135 Å². The molecule has 4 aliphatic rings. The average Bonchev–Trinajstić information content (AvgIpc) is 3.61. The first-order chi connectivity index (χ1) is 24.3. The number of carbonyl (C=O) groups excluding carboxylic acids is 1. The van der Waals surface area contributed by atoms with Crippen molar-refractivity contribution in [1.29, 1.82) is 0 Å². The van der Waals surface area contributed by atoms with Crippen molar-refractivity contribution < 1.29 is 13.6 Å². The Hall–Kier alpha value is -3.60. The van der Waals surface area contributed by atoms with E-state index in [2.05, 4.69) is 72.7 Å². The molecule has 2 aromatic carbocycles. The number of hydrogen-bond acceptors (Lipinski definition) is 2. The topological polar surface area (TPSA) is 42.0 Å². The van der Waals surface area contributed by atoms with Gasteiger partial charge in [0, 0.05) is 42.1 Å². The van der Waals surface area contributed by atoms with E-state index in [1.54, 1.807) is 0 Å². The summed E-state index contributed by atoms with van der Waals surface area (Å²) in [6, 6.07) is 15.4. The van der Waals surface area contributed by atoms with Crippen molar-refractivity contribution in [3.05, 3.63) is 99.9 Å². The van der Waals surface area contributed by atoms with E-state index in [0.717, 1.165) is 83.5 Å². The van der Waals surface area contributed by atoms with Crippen LogP contribution in [0.5, 0.6) is 0 Å². The van der Waals surface area contributed by atoms with E-state index in [1.165, 1.54) is 54.4 Å². The zero-order valence-electron chi connectivity index (χ0n) is 30.1. The molecule has 0 aliphatic heterocycles. The third-order valence-corrected chi connectivity index (χ3v) is 12.2. The fourth-order valence-electron chi connectivity index (χ4n) is 9.33. The van der Waals surface area contributed by atoms with E-state index in [1.807, 2.05) is 12.4 Å². The Morgan fingerprint density at radius 2 is 1.72 bits per heavy atom. The number of carbonyl (C=O) groups is 1. The molecule has 2 saturated carbocycles. The Labute approximate surface area is 298 Å². The number of alkyl halides is 2. The lowest BCUT2D eigenvalue weighted by molar-refractivity contribution is -0.111. The minimum atomic E-state index is -2.58. The van der Waals surface area contributed by atoms with E-state index in [0.29, 0.717) is 37.5 Å². The van der Waals surface area contributed by atoms with Gasteiger partial charge in [-0.1, -0.05) is 81.4 Å². The fraction of sp³-hybridized carbons (Fsp3) is 0.511. The maximum absolute atomic E-state index is 14.4. The highest BCUT2D eigenvalue weighted by molar-refractivity contribution is 6.27. The zero-order chi connectivity index (χ0) is 34.7. The summed E-state index contributed by atoms with van der Waals surface area (Å²) >= 11 is 0. The molecule has 0 bridgehead atoms. The van der Waals surface area contributed by atoms with Crippen LogP contribution in [0.4, 0.5) is 14.5 Å². The number of amides is 1. The molecule has 2 fully saturated rings. The predicted molar refractivity (Wildman–Crippen MR) is 202 cm³/mol. The second kappa shape index (κ2) is 15.3. The Balaban J connectivity index is 1.15. The van der Waals surface area contributed by atoms with Crippen LogP contribution in [0.2, 0.25) is 0 Å². The molecule has 0 radical (unpaired) electrons. The van der Waals surface area contributed by atoms with Crippen LogP contribution in [0.3, 0.4) is 0 Å². The lowest BCUT2D eigenvalue weighted by Gasteiger charge is -2.44. The molecule has 7 rings (SSSR count). The van der Waals surface area contributed by atoms with E-state index in [-0.39, 0.29) is 18.7 Å². The van der Waals surface area contributed by atoms with Gasteiger partial charge in [-0.25, -0.2) is 8.78 Å². The van der Waals surface area contributed by atoms with Crippen molar-refractivity contribution in [3.63, 3.8) is 0 Å². The molecule has 0 saturated heterocycles. The van der Waals surface area contributed by atoms with Gasteiger partial charge in [0.25, 0.3) is 5.91 Å². The number of nitrogens with zero attached hydrogens (tertiary/aromatic N) is 1. The Kier molecular flexibility index (Phi) is 10.7. The molecular formula is C45H54F2N2O. The third kappa shape index (κ3) is 7.67. The van der Waals surface area contributed by atoms with Gasteiger partial charge in [0.15, 0.2) is 0 Å². The van der Waals surface area contributed by atoms with Crippen molar-refractivity contribution in [3.8, 4) is 11.1 Å². The summed E-state index contributed by atoms with van der Waals surface area (Å²) in [4.78, 5) is 19.0. The molecule has 2 unspecified atom stereocenters. The largest absolute Gasteiger partial charge is 0.322 e. The average molecular weight is 677 g/mol. The molecule has 1 heterocycles. The second-order valence-electron chi connectivity index (χ2n) is 15.6. The normalized spacial score (nSPS) is 21.8. The van der Waals surface area contributed by atoms with Gasteiger partial charge in [0.05, 0.1) is 0 Å². The van der Waals surface area contributed by atoms with Crippen molar-refractivity contribution in [2.75, 3.05) is 5.32 Å². The summed E-state index contributed by atoms with van der Waals surface area (Å²) in [5.41, 5.74) is 12.3. The highest BCUT2D eigenvalue weighted by Crippen LogP contribution is 2.55. The first-order valence-electron chi connectivity index (χ1n) is 19.6. The van der Waals surface area contributed by atoms with Gasteiger partial charge in [0.1, 0.15) is 0 Å². The summed E-state index contributed by atoms with van der Waals surface area (Å²) < 4.78 is 28.3. The minimum Gasteiger partial charge on any atom is -0.322 e. The van der Waals surface area contributed by atoms with Crippen molar-refractivity contribution in [2.24, 2.45) is 11.8 Å². The number of fused-ring (bicyclic) bond motifs is 3. The zero-order valence-corrected chi connectivity index (χ0v) is 30.1. The van der Waals surface area contributed by atoms with Crippen LogP contribution in [0.25, 0.3) is 16.7 Å². The fourth-order valence-corrected chi connectivity index (χ4v) is 9.33. The molecule has 4 aliphatic carbocycles. The molecule has 1 N–H and O–H groups in total. The molecule has 264 valence electrons. The molecule has 1 aromatic heterocycles. The third-order valence-electron chi connectivity index (χ3n) is 12.2. The van der Waals surface area contributed by atoms with Gasteiger partial charge in [-0.05, 0) is 140 Å². The Morgan fingerprint density at radius 1 is 0.880 bits per heavy atom. The number of aryl methyl sites for hydroxylation is 2. The first kappa shape index (κ1) is 34.8. The summed E-state index contributed by atoms with van der Waals surface area (Å²) in [6.45, 7) is 4.43. The van der Waals surface area contributed by atoms with Gasteiger partial charge >= 0.3 is 0 Å².